The first kappa shape index (κ1) is 12.0. The minimum atomic E-state index is -1.25. The van der Waals surface area contributed by atoms with Crippen molar-refractivity contribution < 1.29 is 13.7 Å². The van der Waals surface area contributed by atoms with E-state index in [1.54, 1.807) is 6.92 Å². The third-order valence-electron chi connectivity index (χ3n) is 2.20. The molecule has 0 aliphatic rings. The van der Waals surface area contributed by atoms with Gasteiger partial charge in [-0.3, -0.25) is 10.1 Å². The number of tetrazole rings is 1. The Labute approximate surface area is 99.2 Å². The summed E-state index contributed by atoms with van der Waals surface area (Å²) in [6, 6.07) is 1.15. The number of aromatic nitrogens is 4. The molecule has 0 saturated heterocycles. The number of aryl methyl sites for hydroxylation is 1. The maximum atomic E-state index is 13.5. The molecule has 7 nitrogen and oxygen atoms in total. The highest BCUT2D eigenvalue weighted by molar-refractivity contribution is 5.44. The molecule has 9 heteroatoms. The van der Waals surface area contributed by atoms with E-state index in [4.69, 9.17) is 0 Å². The van der Waals surface area contributed by atoms with Crippen LogP contribution in [-0.2, 0) is 6.42 Å². The summed E-state index contributed by atoms with van der Waals surface area (Å²) in [4.78, 5) is 10.4. The van der Waals surface area contributed by atoms with Crippen molar-refractivity contribution in [2.24, 2.45) is 0 Å². The molecule has 0 bridgehead atoms. The predicted octanol–water partition coefficient (Wildman–Crippen LogP) is 1.41. The van der Waals surface area contributed by atoms with Crippen molar-refractivity contribution in [3.8, 4) is 5.69 Å². The standard InChI is InChI=1S/C9H7F2N5O2/c1-2-9-12-14-15(13-9)7-4-8(16(17)18)6(11)3-5(7)10/h3-4H,2H2,1H3. The van der Waals surface area contributed by atoms with Crippen LogP contribution in [0.5, 0.6) is 0 Å². The highest BCUT2D eigenvalue weighted by Gasteiger charge is 2.20. The fourth-order valence-corrected chi connectivity index (χ4v) is 1.31. The molecule has 2 aromatic rings. The van der Waals surface area contributed by atoms with Gasteiger partial charge in [0.15, 0.2) is 11.6 Å². The first-order valence-electron chi connectivity index (χ1n) is 4.95. The number of hydrogen-bond acceptors (Lipinski definition) is 5. The van der Waals surface area contributed by atoms with Crippen molar-refractivity contribution in [3.63, 3.8) is 0 Å². The van der Waals surface area contributed by atoms with E-state index in [1.165, 1.54) is 0 Å². The van der Waals surface area contributed by atoms with E-state index >= 15 is 0 Å². The third kappa shape index (κ3) is 2.01. The lowest BCUT2D eigenvalue weighted by atomic mass is 10.2. The van der Waals surface area contributed by atoms with Gasteiger partial charge in [0.1, 0.15) is 5.69 Å². The van der Waals surface area contributed by atoms with Crippen LogP contribution in [0.1, 0.15) is 12.7 Å². The van der Waals surface area contributed by atoms with Gasteiger partial charge in [0.2, 0.25) is 5.82 Å². The number of nitrogens with zero attached hydrogens (tertiary/aromatic N) is 5. The molecule has 2 rings (SSSR count). The van der Waals surface area contributed by atoms with Gasteiger partial charge in [0.25, 0.3) is 0 Å². The van der Waals surface area contributed by atoms with Crippen LogP contribution in [0, 0.1) is 21.7 Å². The Hall–Kier alpha value is -2.45. The Kier molecular flexibility index (Phi) is 2.96. The average Bonchev–Trinajstić information content (AvgIpc) is 2.77. The summed E-state index contributed by atoms with van der Waals surface area (Å²) in [5.74, 6) is -1.91. The van der Waals surface area contributed by atoms with Crippen LogP contribution in [0.3, 0.4) is 0 Å². The maximum absolute atomic E-state index is 13.5. The van der Waals surface area contributed by atoms with Crippen LogP contribution >= 0.6 is 0 Å². The first-order valence-corrected chi connectivity index (χ1v) is 4.95. The van der Waals surface area contributed by atoms with Gasteiger partial charge in [-0.2, -0.15) is 4.39 Å². The lowest BCUT2D eigenvalue weighted by molar-refractivity contribution is -0.387. The summed E-state index contributed by atoms with van der Waals surface area (Å²) in [6.07, 6.45) is 0.477. The lowest BCUT2D eigenvalue weighted by Gasteiger charge is -2.01. The summed E-state index contributed by atoms with van der Waals surface area (Å²) in [7, 11) is 0. The SMILES string of the molecule is CCc1nnn(-c2cc([N+](=O)[O-])c(F)cc2F)n1. The minimum absolute atomic E-state index is 0.324. The molecule has 94 valence electrons. The molecule has 0 N–H and O–H groups in total. The second kappa shape index (κ2) is 4.43. The van der Waals surface area contributed by atoms with Crippen molar-refractivity contribution in [1.82, 2.24) is 20.2 Å². The van der Waals surface area contributed by atoms with Crippen LogP contribution in [-0.4, -0.2) is 25.1 Å². The van der Waals surface area contributed by atoms with E-state index in [0.717, 1.165) is 10.9 Å². The van der Waals surface area contributed by atoms with Crippen molar-refractivity contribution in [2.75, 3.05) is 0 Å². The normalized spacial score (nSPS) is 10.6. The number of benzene rings is 1. The second-order valence-electron chi connectivity index (χ2n) is 3.36. The Morgan fingerprint density at radius 1 is 1.39 bits per heavy atom. The molecular weight excluding hydrogens is 248 g/mol. The van der Waals surface area contributed by atoms with Crippen molar-refractivity contribution >= 4 is 5.69 Å². The van der Waals surface area contributed by atoms with Gasteiger partial charge in [0.05, 0.1) is 4.92 Å². The minimum Gasteiger partial charge on any atom is -0.258 e. The molecule has 0 fully saturated rings. The van der Waals surface area contributed by atoms with E-state index in [9.17, 15) is 18.9 Å². The van der Waals surface area contributed by atoms with E-state index < -0.39 is 22.2 Å². The molecule has 1 aromatic carbocycles. The lowest BCUT2D eigenvalue weighted by Crippen LogP contribution is -2.05. The molecular formula is C9H7F2N5O2. The Morgan fingerprint density at radius 3 is 2.67 bits per heavy atom. The molecule has 1 heterocycles. The zero-order valence-electron chi connectivity index (χ0n) is 9.17. The summed E-state index contributed by atoms with van der Waals surface area (Å²) >= 11 is 0. The molecule has 0 amide bonds. The van der Waals surface area contributed by atoms with Gasteiger partial charge in [-0.25, -0.2) is 4.39 Å². The zero-order valence-corrected chi connectivity index (χ0v) is 9.17. The highest BCUT2D eigenvalue weighted by atomic mass is 19.1. The van der Waals surface area contributed by atoms with Gasteiger partial charge < -0.3 is 0 Å². The molecule has 0 aliphatic heterocycles. The Bertz CT molecular complexity index is 613. The zero-order chi connectivity index (χ0) is 13.3. The van der Waals surface area contributed by atoms with Crippen LogP contribution in [0.15, 0.2) is 12.1 Å². The molecule has 1 aromatic heterocycles. The van der Waals surface area contributed by atoms with Gasteiger partial charge in [-0.05, 0) is 5.21 Å². The van der Waals surface area contributed by atoms with E-state index in [1.807, 2.05) is 0 Å². The topological polar surface area (TPSA) is 86.7 Å². The molecule has 0 atom stereocenters. The molecule has 0 radical (unpaired) electrons. The largest absolute Gasteiger partial charge is 0.307 e. The molecule has 0 spiro atoms. The number of nitro groups is 1. The Balaban J connectivity index is 2.56. The monoisotopic (exact) mass is 255 g/mol. The van der Waals surface area contributed by atoms with Crippen molar-refractivity contribution in [2.45, 2.75) is 13.3 Å². The van der Waals surface area contributed by atoms with Crippen LogP contribution < -0.4 is 0 Å². The van der Waals surface area contributed by atoms with E-state index in [0.29, 0.717) is 18.3 Å². The second-order valence-corrected chi connectivity index (χ2v) is 3.36. The number of halogens is 2. The smallest absolute Gasteiger partial charge is 0.258 e. The molecule has 0 unspecified atom stereocenters. The fraction of sp³-hybridized carbons (Fsp3) is 0.222. The third-order valence-corrected chi connectivity index (χ3v) is 2.20. The summed E-state index contributed by atoms with van der Waals surface area (Å²) in [5, 5.41) is 21.5. The molecule has 18 heavy (non-hydrogen) atoms. The van der Waals surface area contributed by atoms with E-state index in [2.05, 4.69) is 15.4 Å². The van der Waals surface area contributed by atoms with Crippen molar-refractivity contribution in [1.29, 1.82) is 0 Å². The predicted molar refractivity (Wildman–Crippen MR) is 55.1 cm³/mol. The Morgan fingerprint density at radius 2 is 2.11 bits per heavy atom. The van der Waals surface area contributed by atoms with Gasteiger partial charge >= 0.3 is 5.69 Å². The van der Waals surface area contributed by atoms with Gasteiger partial charge in [0, 0.05) is 18.6 Å². The summed E-state index contributed by atoms with van der Waals surface area (Å²) in [5.41, 5.74) is -1.17. The van der Waals surface area contributed by atoms with Crippen LogP contribution in [0.4, 0.5) is 14.5 Å². The first-order chi connectivity index (χ1) is 8.52. The number of hydrogen-bond donors (Lipinski definition) is 0. The van der Waals surface area contributed by atoms with E-state index in [-0.39, 0.29) is 5.69 Å². The fourth-order valence-electron chi connectivity index (χ4n) is 1.31. The van der Waals surface area contributed by atoms with Crippen LogP contribution in [0.25, 0.3) is 5.69 Å². The summed E-state index contributed by atoms with van der Waals surface area (Å²) < 4.78 is 26.6. The molecule has 0 aliphatic carbocycles. The average molecular weight is 255 g/mol. The maximum Gasteiger partial charge on any atom is 0.307 e. The van der Waals surface area contributed by atoms with Crippen LogP contribution in [0.2, 0.25) is 0 Å². The quantitative estimate of drug-likeness (QED) is 0.611. The molecule has 0 saturated carbocycles. The summed E-state index contributed by atoms with van der Waals surface area (Å²) in [6.45, 7) is 1.77. The van der Waals surface area contributed by atoms with Crippen molar-refractivity contribution in [3.05, 3.63) is 39.7 Å². The van der Waals surface area contributed by atoms with Gasteiger partial charge in [-0.15, -0.1) is 15.0 Å². The number of nitro benzene ring substituents is 1. The number of rotatable bonds is 3. The highest BCUT2D eigenvalue weighted by Crippen LogP contribution is 2.23. The van der Waals surface area contributed by atoms with Gasteiger partial charge in [-0.1, -0.05) is 6.92 Å².